The Morgan fingerprint density at radius 1 is 1.35 bits per heavy atom. The van der Waals surface area contributed by atoms with Gasteiger partial charge >= 0.3 is 0 Å². The van der Waals surface area contributed by atoms with Crippen molar-refractivity contribution in [3.05, 3.63) is 36.3 Å². The summed E-state index contributed by atoms with van der Waals surface area (Å²) >= 11 is 0. The first-order valence-corrected chi connectivity index (χ1v) is 9.06. The van der Waals surface area contributed by atoms with E-state index in [2.05, 4.69) is 44.2 Å². The number of hydrogen-bond donors (Lipinski definition) is 2. The monoisotopic (exact) mass is 356 g/mol. The summed E-state index contributed by atoms with van der Waals surface area (Å²) in [5.74, 6) is 1.06. The molecule has 4 rings (SSSR count). The Bertz CT molecular complexity index is 912. The minimum atomic E-state index is -0.364. The number of piperazine rings is 1. The molecule has 138 valence electrons. The molecular weight excluding hydrogens is 331 g/mol. The second-order valence-electron chi connectivity index (χ2n) is 7.20. The summed E-state index contributed by atoms with van der Waals surface area (Å²) in [7, 11) is 0. The number of nitrogens with zero attached hydrogens (tertiary/aromatic N) is 4. The summed E-state index contributed by atoms with van der Waals surface area (Å²) in [6.07, 6.45) is 2.78. The third-order valence-corrected chi connectivity index (χ3v) is 4.73. The van der Waals surface area contributed by atoms with Crippen LogP contribution >= 0.6 is 0 Å². The maximum Gasteiger partial charge on any atom is 0.181 e. The molecule has 1 aliphatic rings. The zero-order valence-corrected chi connectivity index (χ0v) is 15.0. The lowest BCUT2D eigenvalue weighted by Gasteiger charge is -2.35. The van der Waals surface area contributed by atoms with E-state index < -0.39 is 0 Å². The molecule has 0 amide bonds. The Hall–Kier alpha value is -2.54. The molecule has 0 radical (unpaired) electrons. The van der Waals surface area contributed by atoms with E-state index in [9.17, 15) is 4.39 Å². The van der Waals surface area contributed by atoms with Crippen molar-refractivity contribution in [2.75, 3.05) is 24.5 Å². The lowest BCUT2D eigenvalue weighted by atomic mass is 10.0. The van der Waals surface area contributed by atoms with Crippen molar-refractivity contribution in [3.63, 3.8) is 0 Å². The highest BCUT2D eigenvalue weighted by Gasteiger charge is 2.23. The largest absolute Gasteiger partial charge is 0.354 e. The molecule has 3 aromatic heterocycles. The molecule has 2 N–H and O–H groups in total. The zero-order valence-electron chi connectivity index (χ0n) is 15.0. The average Bonchev–Trinajstić information content (AvgIpc) is 3.06. The number of aromatic nitrogens is 4. The number of nitrogens with one attached hydrogen (secondary N) is 2. The third-order valence-electron chi connectivity index (χ3n) is 4.73. The summed E-state index contributed by atoms with van der Waals surface area (Å²) in [5, 5.41) is 11.4. The van der Waals surface area contributed by atoms with Crippen molar-refractivity contribution < 1.29 is 5.82 Å². The molecule has 0 aliphatic carbocycles. The van der Waals surface area contributed by atoms with E-state index in [1.165, 1.54) is 6.07 Å². The number of pyridine rings is 2. The Balaban J connectivity index is 0.00000210. The molecule has 1 aliphatic heterocycles. The molecule has 4 heterocycles. The highest BCUT2D eigenvalue weighted by molar-refractivity contribution is 5.89. The van der Waals surface area contributed by atoms with Gasteiger partial charge in [-0.2, -0.15) is 5.10 Å². The van der Waals surface area contributed by atoms with Gasteiger partial charge in [0.05, 0.1) is 5.69 Å². The molecule has 3 aromatic rings. The van der Waals surface area contributed by atoms with Crippen LogP contribution in [0, 0.1) is 11.7 Å². The van der Waals surface area contributed by atoms with Crippen molar-refractivity contribution >= 4 is 16.9 Å². The van der Waals surface area contributed by atoms with Gasteiger partial charge in [-0.25, -0.2) is 14.4 Å². The van der Waals surface area contributed by atoms with Crippen LogP contribution < -0.4 is 10.2 Å². The Morgan fingerprint density at radius 3 is 3.08 bits per heavy atom. The van der Waals surface area contributed by atoms with Gasteiger partial charge in [-0.05, 0) is 36.6 Å². The minimum absolute atomic E-state index is 0. The molecule has 1 saturated heterocycles. The van der Waals surface area contributed by atoms with Gasteiger partial charge in [0, 0.05) is 38.7 Å². The van der Waals surface area contributed by atoms with Crippen LogP contribution in [0.25, 0.3) is 22.4 Å². The smallest absolute Gasteiger partial charge is 0.181 e. The van der Waals surface area contributed by atoms with E-state index in [0.29, 0.717) is 23.3 Å². The van der Waals surface area contributed by atoms with Crippen molar-refractivity contribution in [1.82, 2.24) is 25.5 Å². The Morgan fingerprint density at radius 2 is 2.23 bits per heavy atom. The van der Waals surface area contributed by atoms with E-state index in [1.54, 1.807) is 12.3 Å². The first-order valence-electron chi connectivity index (χ1n) is 9.06. The summed E-state index contributed by atoms with van der Waals surface area (Å²) in [6.45, 7) is 7.10. The van der Waals surface area contributed by atoms with E-state index >= 15 is 0 Å². The molecule has 6 nitrogen and oxygen atoms in total. The van der Waals surface area contributed by atoms with E-state index in [-0.39, 0.29) is 12.9 Å². The fourth-order valence-corrected chi connectivity index (χ4v) is 3.57. The van der Waals surface area contributed by atoms with E-state index in [1.807, 2.05) is 12.1 Å². The molecule has 0 aromatic carbocycles. The number of rotatable bonds is 4. The average molecular weight is 356 g/mol. The van der Waals surface area contributed by atoms with Crippen LogP contribution in [-0.2, 0) is 0 Å². The number of aromatic amines is 1. The molecule has 1 atom stereocenters. The highest BCUT2D eigenvalue weighted by Crippen LogP contribution is 2.28. The summed E-state index contributed by atoms with van der Waals surface area (Å²) in [6, 6.07) is 7.36. The van der Waals surface area contributed by atoms with Crippen LogP contribution in [0.3, 0.4) is 0 Å². The molecular formula is C19H25FN6. The van der Waals surface area contributed by atoms with Crippen LogP contribution in [0.15, 0.2) is 30.5 Å². The van der Waals surface area contributed by atoms with Gasteiger partial charge in [0.1, 0.15) is 11.5 Å². The highest BCUT2D eigenvalue weighted by atomic mass is 19.1. The molecule has 1 fully saturated rings. The first kappa shape index (κ1) is 16.9. The van der Waals surface area contributed by atoms with Gasteiger partial charge in [-0.3, -0.25) is 5.10 Å². The minimum Gasteiger partial charge on any atom is -0.354 e. The molecule has 7 heteroatoms. The van der Waals surface area contributed by atoms with Gasteiger partial charge in [0.2, 0.25) is 0 Å². The normalized spacial score (nSPS) is 18.0. The van der Waals surface area contributed by atoms with Gasteiger partial charge in [-0.1, -0.05) is 13.8 Å². The second-order valence-corrected chi connectivity index (χ2v) is 7.20. The number of fused-ring (bicyclic) bond motifs is 1. The predicted octanol–water partition coefficient (Wildman–Crippen LogP) is 3.23. The SMILES string of the molecule is CC(C)C[C@@H]1CN(c2ccc(F)c(-c3[nH]nc4ncccc34)n2)CCN1.[HH]. The summed E-state index contributed by atoms with van der Waals surface area (Å²) < 4.78 is 14.5. The zero-order chi connectivity index (χ0) is 18.1. The fraction of sp³-hybridized carbons (Fsp3) is 0.421. The number of H-pyrrole nitrogens is 1. The topological polar surface area (TPSA) is 69.7 Å². The van der Waals surface area contributed by atoms with Crippen LogP contribution in [0.1, 0.15) is 21.7 Å². The lowest BCUT2D eigenvalue weighted by Crippen LogP contribution is -2.51. The van der Waals surface area contributed by atoms with Crippen LogP contribution in [0.5, 0.6) is 0 Å². The van der Waals surface area contributed by atoms with Gasteiger partial charge in [-0.15, -0.1) is 0 Å². The first-order chi connectivity index (χ1) is 12.6. The number of anilines is 1. The molecule has 26 heavy (non-hydrogen) atoms. The maximum absolute atomic E-state index is 14.5. The Labute approximate surface area is 153 Å². The van der Waals surface area contributed by atoms with Crippen LogP contribution in [0.4, 0.5) is 10.2 Å². The van der Waals surface area contributed by atoms with Crippen LogP contribution in [-0.4, -0.2) is 45.8 Å². The maximum atomic E-state index is 14.5. The fourth-order valence-electron chi connectivity index (χ4n) is 3.57. The summed E-state index contributed by atoms with van der Waals surface area (Å²) in [5.41, 5.74) is 1.42. The van der Waals surface area contributed by atoms with Crippen molar-refractivity contribution in [1.29, 1.82) is 0 Å². The number of halogens is 1. The van der Waals surface area contributed by atoms with Crippen molar-refractivity contribution in [2.45, 2.75) is 26.3 Å². The van der Waals surface area contributed by atoms with Gasteiger partial charge < -0.3 is 10.2 Å². The predicted molar refractivity (Wildman–Crippen MR) is 103 cm³/mol. The van der Waals surface area contributed by atoms with E-state index in [0.717, 1.165) is 37.3 Å². The molecule has 0 spiro atoms. The lowest BCUT2D eigenvalue weighted by molar-refractivity contribution is 0.387. The summed E-state index contributed by atoms with van der Waals surface area (Å²) in [4.78, 5) is 11.0. The van der Waals surface area contributed by atoms with E-state index in [4.69, 9.17) is 0 Å². The molecule has 0 unspecified atom stereocenters. The second kappa shape index (κ2) is 6.99. The van der Waals surface area contributed by atoms with Gasteiger partial charge in [0.15, 0.2) is 11.5 Å². The third kappa shape index (κ3) is 3.26. The molecule has 0 bridgehead atoms. The standard InChI is InChI=1S/C19H23FN6.H2/c1-12(2)10-13-11-26(9-8-21-13)16-6-5-15(20)18(23-16)17-14-4-3-7-22-19(14)25-24-17;/h3-7,12-13,21H,8-11H2,1-2H3,(H,22,24,25);1H/t13-;/m1./s1. The van der Waals surface area contributed by atoms with Crippen molar-refractivity contribution in [2.24, 2.45) is 5.92 Å². The number of hydrogen-bond acceptors (Lipinski definition) is 5. The van der Waals surface area contributed by atoms with Crippen molar-refractivity contribution in [3.8, 4) is 11.4 Å². The quantitative estimate of drug-likeness (QED) is 0.751. The van der Waals surface area contributed by atoms with Crippen LogP contribution in [0.2, 0.25) is 0 Å². The Kier molecular flexibility index (Phi) is 4.55. The van der Waals surface area contributed by atoms with Gasteiger partial charge in [0.25, 0.3) is 0 Å². The molecule has 0 saturated carbocycles.